The monoisotopic (exact) mass is 482 g/mol. The first-order valence-electron chi connectivity index (χ1n) is 11.7. The second kappa shape index (κ2) is 10.5. The van der Waals surface area contributed by atoms with E-state index in [2.05, 4.69) is 22.8 Å². The highest BCUT2D eigenvalue weighted by Crippen LogP contribution is 2.44. The molecule has 0 radical (unpaired) electrons. The van der Waals surface area contributed by atoms with E-state index in [0.29, 0.717) is 0 Å². The largest absolute Gasteiger partial charge is 0.480 e. The average molecular weight is 483 g/mol. The molecule has 0 heterocycles. The molecular formula is C27H34N2O6. The summed E-state index contributed by atoms with van der Waals surface area (Å²) in [6.45, 7) is 6.76. The molecule has 8 nitrogen and oxygen atoms in total. The highest BCUT2D eigenvalue weighted by Gasteiger charge is 2.38. The summed E-state index contributed by atoms with van der Waals surface area (Å²) in [6, 6.07) is 15.0. The molecule has 3 rings (SSSR count). The van der Waals surface area contributed by atoms with Gasteiger partial charge in [0, 0.05) is 19.4 Å². The van der Waals surface area contributed by atoms with Crippen LogP contribution in [0, 0.1) is 0 Å². The van der Waals surface area contributed by atoms with Crippen molar-refractivity contribution < 1.29 is 29.0 Å². The lowest BCUT2D eigenvalue weighted by atomic mass is 9.95. The molecule has 0 aromatic heterocycles. The molecule has 2 aromatic carbocycles. The predicted molar refractivity (Wildman–Crippen MR) is 132 cm³/mol. The Hall–Kier alpha value is -3.39. The van der Waals surface area contributed by atoms with Gasteiger partial charge in [0.15, 0.2) is 0 Å². The number of fused-ring (bicyclic) bond motifs is 3. The summed E-state index contributed by atoms with van der Waals surface area (Å²) in [7, 11) is 1.51. The maximum absolute atomic E-state index is 13.0. The van der Waals surface area contributed by atoms with Crippen molar-refractivity contribution >= 4 is 18.0 Å². The van der Waals surface area contributed by atoms with E-state index in [9.17, 15) is 19.5 Å². The van der Waals surface area contributed by atoms with Gasteiger partial charge >= 0.3 is 12.1 Å². The van der Waals surface area contributed by atoms with Crippen molar-refractivity contribution in [1.29, 1.82) is 0 Å². The lowest BCUT2D eigenvalue weighted by Gasteiger charge is -2.31. The van der Waals surface area contributed by atoms with E-state index in [4.69, 9.17) is 9.47 Å². The molecule has 1 aliphatic carbocycles. The molecular weight excluding hydrogens is 448 g/mol. The van der Waals surface area contributed by atoms with Crippen LogP contribution in [0.15, 0.2) is 48.5 Å². The number of alkyl carbamates (subject to hydrolysis) is 1. The van der Waals surface area contributed by atoms with Crippen molar-refractivity contribution in [2.24, 2.45) is 0 Å². The lowest BCUT2D eigenvalue weighted by Crippen LogP contribution is -2.58. The number of rotatable bonds is 10. The zero-order valence-electron chi connectivity index (χ0n) is 20.9. The number of amides is 2. The van der Waals surface area contributed by atoms with Gasteiger partial charge in [-0.05, 0) is 49.4 Å². The summed E-state index contributed by atoms with van der Waals surface area (Å²) >= 11 is 0. The van der Waals surface area contributed by atoms with Crippen LogP contribution in [0.1, 0.15) is 57.6 Å². The molecule has 0 fully saturated rings. The van der Waals surface area contributed by atoms with Crippen molar-refractivity contribution in [1.82, 2.24) is 10.6 Å². The van der Waals surface area contributed by atoms with Crippen LogP contribution in [0.5, 0.6) is 0 Å². The van der Waals surface area contributed by atoms with E-state index in [0.717, 1.165) is 22.3 Å². The van der Waals surface area contributed by atoms with E-state index < -0.39 is 35.2 Å². The maximum Gasteiger partial charge on any atom is 0.407 e. The number of carboxylic acid groups (broad SMARTS) is 1. The molecule has 2 amide bonds. The first-order valence-corrected chi connectivity index (χ1v) is 11.7. The average Bonchev–Trinajstić information content (AvgIpc) is 3.15. The van der Waals surface area contributed by atoms with Gasteiger partial charge in [0.25, 0.3) is 0 Å². The minimum absolute atomic E-state index is 0.101. The molecule has 0 bridgehead atoms. The number of hydrogen-bond donors (Lipinski definition) is 3. The first-order chi connectivity index (χ1) is 16.5. The van der Waals surface area contributed by atoms with Crippen LogP contribution in [0.3, 0.4) is 0 Å². The van der Waals surface area contributed by atoms with Crippen molar-refractivity contribution in [2.75, 3.05) is 13.7 Å². The first kappa shape index (κ1) is 26.2. The van der Waals surface area contributed by atoms with Gasteiger partial charge in [-0.15, -0.1) is 0 Å². The fourth-order valence-corrected chi connectivity index (χ4v) is 4.22. The Balaban J connectivity index is 1.73. The zero-order valence-corrected chi connectivity index (χ0v) is 20.9. The molecule has 0 aliphatic heterocycles. The zero-order chi connectivity index (χ0) is 25.8. The Labute approximate surface area is 206 Å². The van der Waals surface area contributed by atoms with Gasteiger partial charge in [0.2, 0.25) is 5.91 Å². The van der Waals surface area contributed by atoms with Crippen molar-refractivity contribution in [3.63, 3.8) is 0 Å². The molecule has 8 heteroatoms. The molecule has 2 unspecified atom stereocenters. The van der Waals surface area contributed by atoms with Crippen LogP contribution in [0.2, 0.25) is 0 Å². The van der Waals surface area contributed by atoms with Crippen LogP contribution in [-0.2, 0) is 19.1 Å². The molecule has 2 aromatic rings. The summed E-state index contributed by atoms with van der Waals surface area (Å²) in [5.41, 5.74) is 2.18. The summed E-state index contributed by atoms with van der Waals surface area (Å²) in [4.78, 5) is 37.5. The van der Waals surface area contributed by atoms with E-state index in [1.807, 2.05) is 36.4 Å². The number of hydrogen-bond acceptors (Lipinski definition) is 5. The molecule has 0 saturated heterocycles. The van der Waals surface area contributed by atoms with Gasteiger partial charge in [0.1, 0.15) is 18.2 Å². The topological polar surface area (TPSA) is 114 Å². The number of carbonyl (C=O) groups excluding carboxylic acids is 2. The van der Waals surface area contributed by atoms with Crippen molar-refractivity contribution in [2.45, 2.75) is 63.6 Å². The van der Waals surface area contributed by atoms with E-state index >= 15 is 0 Å². The minimum atomic E-state index is -1.46. The quantitative estimate of drug-likeness (QED) is 0.470. The molecule has 0 saturated carbocycles. The molecule has 3 N–H and O–H groups in total. The second-order valence-electron chi connectivity index (χ2n) is 9.67. The van der Waals surface area contributed by atoms with E-state index in [-0.39, 0.29) is 25.4 Å². The van der Waals surface area contributed by atoms with Crippen LogP contribution < -0.4 is 10.6 Å². The Morgan fingerprint density at radius 2 is 1.54 bits per heavy atom. The number of nitrogens with one attached hydrogen (secondary N) is 2. The number of benzene rings is 2. The SMILES string of the molecule is CCC(C)(NC(=O)C(CC(C)(C)OC)NC(=O)OCC1c2ccccc2-c2ccccc21)C(=O)O. The van der Waals surface area contributed by atoms with Crippen LogP contribution >= 0.6 is 0 Å². The van der Waals surface area contributed by atoms with Gasteiger partial charge in [-0.1, -0.05) is 55.5 Å². The standard InChI is InChI=1S/C27H34N2O6/c1-6-27(4,24(31)32)29-23(30)22(15-26(2,3)34-5)28-25(33)35-16-21-19-13-9-7-11-17(19)18-12-8-10-14-20(18)21/h7-14,21-22H,6,15-16H2,1-5H3,(H,28,33)(H,29,30)(H,31,32). The number of carboxylic acids is 1. The summed E-state index contributed by atoms with van der Waals surface area (Å²) in [5.74, 6) is -1.89. The van der Waals surface area contributed by atoms with Gasteiger partial charge in [0.05, 0.1) is 5.60 Å². The van der Waals surface area contributed by atoms with Crippen LogP contribution in [0.4, 0.5) is 4.79 Å². The van der Waals surface area contributed by atoms with Crippen LogP contribution in [0.25, 0.3) is 11.1 Å². The van der Waals surface area contributed by atoms with Gasteiger partial charge < -0.3 is 25.2 Å². The normalized spacial score (nSPS) is 15.3. The summed E-state index contributed by atoms with van der Waals surface area (Å²) < 4.78 is 11.0. The van der Waals surface area contributed by atoms with Crippen molar-refractivity contribution in [3.8, 4) is 11.1 Å². The van der Waals surface area contributed by atoms with Gasteiger partial charge in [-0.2, -0.15) is 0 Å². The van der Waals surface area contributed by atoms with E-state index in [1.54, 1.807) is 20.8 Å². The smallest absolute Gasteiger partial charge is 0.407 e. The number of aliphatic carboxylic acids is 1. The second-order valence-corrected chi connectivity index (χ2v) is 9.67. The fraction of sp³-hybridized carbons (Fsp3) is 0.444. The Kier molecular flexibility index (Phi) is 7.85. The Morgan fingerprint density at radius 3 is 2.03 bits per heavy atom. The lowest BCUT2D eigenvalue weighted by molar-refractivity contribution is -0.147. The van der Waals surface area contributed by atoms with Crippen LogP contribution in [-0.4, -0.2) is 54.0 Å². The number of methoxy groups -OCH3 is 1. The van der Waals surface area contributed by atoms with Gasteiger partial charge in [-0.25, -0.2) is 9.59 Å². The number of ether oxygens (including phenoxy) is 2. The predicted octanol–water partition coefficient (Wildman–Crippen LogP) is 4.08. The third-order valence-corrected chi connectivity index (χ3v) is 6.78. The third kappa shape index (κ3) is 5.82. The summed E-state index contributed by atoms with van der Waals surface area (Å²) in [5, 5.41) is 14.7. The summed E-state index contributed by atoms with van der Waals surface area (Å²) in [6.07, 6.45) is -0.453. The molecule has 2 atom stereocenters. The number of carbonyl (C=O) groups is 3. The van der Waals surface area contributed by atoms with Gasteiger partial charge in [-0.3, -0.25) is 4.79 Å². The van der Waals surface area contributed by atoms with E-state index in [1.165, 1.54) is 14.0 Å². The molecule has 35 heavy (non-hydrogen) atoms. The fourth-order valence-electron chi connectivity index (χ4n) is 4.22. The molecule has 188 valence electrons. The maximum atomic E-state index is 13.0. The molecule has 0 spiro atoms. The third-order valence-electron chi connectivity index (χ3n) is 6.78. The molecule has 1 aliphatic rings. The van der Waals surface area contributed by atoms with Crippen molar-refractivity contribution in [3.05, 3.63) is 59.7 Å². The highest BCUT2D eigenvalue weighted by atomic mass is 16.5. The highest BCUT2D eigenvalue weighted by molar-refractivity contribution is 5.91. The Bertz CT molecular complexity index is 1050. The minimum Gasteiger partial charge on any atom is -0.480 e. The Morgan fingerprint density at radius 1 is 1.00 bits per heavy atom.